The van der Waals surface area contributed by atoms with Gasteiger partial charge in [-0.15, -0.1) is 0 Å². The molecule has 3 aromatic carbocycles. The van der Waals surface area contributed by atoms with Crippen molar-refractivity contribution in [3.63, 3.8) is 0 Å². The van der Waals surface area contributed by atoms with Gasteiger partial charge >= 0.3 is 5.97 Å². The first-order valence-corrected chi connectivity index (χ1v) is 10.8. The van der Waals surface area contributed by atoms with Crippen LogP contribution in [0.2, 0.25) is 5.02 Å². The number of carbonyl (C=O) groups excluding carboxylic acids is 1. The number of aliphatic imine (C=N–C) groups is 1. The van der Waals surface area contributed by atoms with Crippen molar-refractivity contribution in [1.82, 2.24) is 9.78 Å². The molecule has 0 radical (unpaired) electrons. The summed E-state index contributed by atoms with van der Waals surface area (Å²) in [7, 11) is 0. The van der Waals surface area contributed by atoms with Gasteiger partial charge in [0.05, 0.1) is 10.6 Å². The molecule has 0 aliphatic carbocycles. The summed E-state index contributed by atoms with van der Waals surface area (Å²) in [6.45, 7) is 0.0699. The second-order valence-electron chi connectivity index (χ2n) is 6.85. The van der Waals surface area contributed by atoms with Crippen molar-refractivity contribution in [3.8, 4) is 16.9 Å². The fourth-order valence-corrected chi connectivity index (χ4v) is 4.26. The molecule has 0 unspecified atom stereocenters. The van der Waals surface area contributed by atoms with Crippen LogP contribution >= 0.6 is 23.4 Å². The molecule has 0 fully saturated rings. The lowest BCUT2D eigenvalue weighted by Gasteiger charge is -2.05. The molecular formula is C24H16ClN3O2S. The van der Waals surface area contributed by atoms with E-state index in [9.17, 15) is 4.79 Å². The normalized spacial score (nSPS) is 13.2. The summed E-state index contributed by atoms with van der Waals surface area (Å²) >= 11 is 7.67. The summed E-state index contributed by atoms with van der Waals surface area (Å²) < 4.78 is 7.02. The highest BCUT2D eigenvalue weighted by Crippen LogP contribution is 2.36. The first-order valence-electron chi connectivity index (χ1n) is 9.60. The van der Waals surface area contributed by atoms with Gasteiger partial charge < -0.3 is 4.74 Å². The molecule has 0 saturated heterocycles. The Morgan fingerprint density at radius 3 is 2.29 bits per heavy atom. The number of carbonyl (C=O) groups is 1. The molecule has 152 valence electrons. The van der Waals surface area contributed by atoms with Gasteiger partial charge in [0, 0.05) is 27.2 Å². The van der Waals surface area contributed by atoms with Crippen LogP contribution in [0.5, 0.6) is 0 Å². The highest BCUT2D eigenvalue weighted by Gasteiger charge is 2.19. The summed E-state index contributed by atoms with van der Waals surface area (Å²) in [6, 6.07) is 25.5. The van der Waals surface area contributed by atoms with Gasteiger partial charge in [0.1, 0.15) is 12.2 Å². The Morgan fingerprint density at radius 2 is 1.61 bits per heavy atom. The van der Waals surface area contributed by atoms with Crippen molar-refractivity contribution in [2.75, 3.05) is 6.54 Å². The van der Waals surface area contributed by atoms with Crippen LogP contribution < -0.4 is 0 Å². The van der Waals surface area contributed by atoms with Crippen LogP contribution in [0.25, 0.3) is 16.9 Å². The van der Waals surface area contributed by atoms with Gasteiger partial charge in [-0.25, -0.2) is 14.5 Å². The number of ether oxygens (including phenoxy) is 1. The minimum atomic E-state index is -0.331. The van der Waals surface area contributed by atoms with E-state index in [1.54, 1.807) is 11.8 Å². The Kier molecular flexibility index (Phi) is 5.32. The molecular weight excluding hydrogens is 430 g/mol. The van der Waals surface area contributed by atoms with Gasteiger partial charge in [-0.05, 0) is 48.5 Å². The number of hydrogen-bond donors (Lipinski definition) is 0. The first kappa shape index (κ1) is 19.6. The maximum absolute atomic E-state index is 11.3. The predicted molar refractivity (Wildman–Crippen MR) is 122 cm³/mol. The third kappa shape index (κ3) is 4.26. The highest BCUT2D eigenvalue weighted by atomic mass is 35.5. The van der Waals surface area contributed by atoms with E-state index in [0.717, 1.165) is 32.3 Å². The van der Waals surface area contributed by atoms with E-state index in [-0.39, 0.29) is 12.5 Å². The molecule has 0 bridgehead atoms. The molecule has 5 rings (SSSR count). The van der Waals surface area contributed by atoms with E-state index >= 15 is 0 Å². The third-order valence-corrected chi connectivity index (χ3v) is 5.99. The van der Waals surface area contributed by atoms with Crippen molar-refractivity contribution < 1.29 is 9.53 Å². The minimum Gasteiger partial charge on any atom is -0.406 e. The fraction of sp³-hybridized carbons (Fsp3) is 0.0417. The fourth-order valence-electron chi connectivity index (χ4n) is 3.20. The van der Waals surface area contributed by atoms with Gasteiger partial charge in [0.25, 0.3) is 0 Å². The molecule has 1 aliphatic rings. The SMILES string of the molecule is O=C1CN=C(c2ccc(-c3nn(-c4ccccc4)cc3Sc3ccc(Cl)cc3)cc2)O1. The highest BCUT2D eigenvalue weighted by molar-refractivity contribution is 7.99. The number of nitrogens with zero attached hydrogens (tertiary/aromatic N) is 3. The zero-order valence-electron chi connectivity index (χ0n) is 16.2. The Labute approximate surface area is 188 Å². The van der Waals surface area contributed by atoms with Gasteiger partial charge in [-0.2, -0.15) is 5.10 Å². The molecule has 0 saturated carbocycles. The second-order valence-corrected chi connectivity index (χ2v) is 8.40. The zero-order chi connectivity index (χ0) is 21.2. The monoisotopic (exact) mass is 445 g/mol. The average Bonchev–Trinajstić information content (AvgIpc) is 3.43. The number of halogens is 1. The molecule has 31 heavy (non-hydrogen) atoms. The topological polar surface area (TPSA) is 56.5 Å². The maximum Gasteiger partial charge on any atom is 0.334 e. The number of cyclic esters (lactones) is 1. The quantitative estimate of drug-likeness (QED) is 0.372. The molecule has 0 spiro atoms. The van der Waals surface area contributed by atoms with E-state index in [0.29, 0.717) is 10.9 Å². The van der Waals surface area contributed by atoms with E-state index in [1.165, 1.54) is 0 Å². The Morgan fingerprint density at radius 1 is 0.903 bits per heavy atom. The maximum atomic E-state index is 11.3. The standard InChI is InChI=1S/C24H16ClN3O2S/c25-18-10-12-20(13-11-18)31-21-15-28(19-4-2-1-3-5-19)27-23(21)16-6-8-17(9-7-16)24-26-14-22(29)30-24/h1-13,15H,14H2. The lowest BCUT2D eigenvalue weighted by atomic mass is 10.1. The predicted octanol–water partition coefficient (Wildman–Crippen LogP) is 5.65. The van der Waals surface area contributed by atoms with Crippen molar-refractivity contribution in [1.29, 1.82) is 0 Å². The number of benzene rings is 3. The lowest BCUT2D eigenvalue weighted by Crippen LogP contribution is -2.05. The van der Waals surface area contributed by atoms with Gasteiger partial charge in [0.15, 0.2) is 0 Å². The van der Waals surface area contributed by atoms with Crippen LogP contribution in [0.4, 0.5) is 0 Å². The second kappa shape index (κ2) is 8.41. The van der Waals surface area contributed by atoms with Crippen LogP contribution in [0, 0.1) is 0 Å². The van der Waals surface area contributed by atoms with E-state index < -0.39 is 0 Å². The summed E-state index contributed by atoms with van der Waals surface area (Å²) in [5.41, 5.74) is 3.57. The Bertz CT molecular complexity index is 1270. The molecule has 0 atom stereocenters. The summed E-state index contributed by atoms with van der Waals surface area (Å²) in [5.74, 6) is 0.0319. The summed E-state index contributed by atoms with van der Waals surface area (Å²) in [6.07, 6.45) is 2.03. The number of hydrogen-bond acceptors (Lipinski definition) is 5. The zero-order valence-corrected chi connectivity index (χ0v) is 17.8. The van der Waals surface area contributed by atoms with Crippen LogP contribution in [-0.2, 0) is 9.53 Å². The van der Waals surface area contributed by atoms with E-state index in [2.05, 4.69) is 4.99 Å². The first-order chi connectivity index (χ1) is 15.2. The van der Waals surface area contributed by atoms with Crippen LogP contribution in [-0.4, -0.2) is 28.2 Å². The van der Waals surface area contributed by atoms with Crippen LogP contribution in [0.1, 0.15) is 5.56 Å². The molecule has 1 aromatic heterocycles. The number of para-hydroxylation sites is 1. The van der Waals surface area contributed by atoms with E-state index in [1.807, 2.05) is 89.7 Å². The molecule has 1 aliphatic heterocycles. The summed E-state index contributed by atoms with van der Waals surface area (Å²) in [5, 5.41) is 5.56. The molecule has 0 amide bonds. The van der Waals surface area contributed by atoms with Gasteiger partial charge in [0.2, 0.25) is 5.90 Å². The Hall–Kier alpha value is -3.35. The third-order valence-electron chi connectivity index (χ3n) is 4.71. The van der Waals surface area contributed by atoms with Crippen molar-refractivity contribution in [2.24, 2.45) is 4.99 Å². The van der Waals surface area contributed by atoms with Crippen molar-refractivity contribution >= 4 is 35.2 Å². The van der Waals surface area contributed by atoms with Gasteiger partial charge in [-0.3, -0.25) is 0 Å². The number of aromatic nitrogens is 2. The largest absolute Gasteiger partial charge is 0.406 e. The molecule has 5 nitrogen and oxygen atoms in total. The molecule has 4 aromatic rings. The average molecular weight is 446 g/mol. The van der Waals surface area contributed by atoms with Gasteiger partial charge in [-0.1, -0.05) is 53.7 Å². The molecule has 7 heteroatoms. The van der Waals surface area contributed by atoms with E-state index in [4.69, 9.17) is 21.4 Å². The minimum absolute atomic E-state index is 0.0699. The molecule has 0 N–H and O–H groups in total. The van der Waals surface area contributed by atoms with Crippen LogP contribution in [0.15, 0.2) is 99.8 Å². The van der Waals surface area contributed by atoms with Crippen molar-refractivity contribution in [3.05, 3.63) is 95.6 Å². The number of rotatable bonds is 5. The molecule has 2 heterocycles. The van der Waals surface area contributed by atoms with Crippen LogP contribution in [0.3, 0.4) is 0 Å². The Balaban J connectivity index is 1.52. The summed E-state index contributed by atoms with van der Waals surface area (Å²) in [4.78, 5) is 17.5. The van der Waals surface area contributed by atoms with Crippen molar-refractivity contribution in [2.45, 2.75) is 9.79 Å². The smallest absolute Gasteiger partial charge is 0.334 e. The number of esters is 1. The lowest BCUT2D eigenvalue weighted by molar-refractivity contribution is -0.132.